The zero-order chi connectivity index (χ0) is 22.1. The Morgan fingerprint density at radius 2 is 1.80 bits per heavy atom. The van der Waals surface area contributed by atoms with Crippen LogP contribution in [0.25, 0.3) is 0 Å². The molecule has 7 nitrogen and oxygen atoms in total. The maximum atomic E-state index is 13.1. The van der Waals surface area contributed by atoms with E-state index in [1.807, 2.05) is 11.8 Å². The molecule has 8 heteroatoms. The van der Waals surface area contributed by atoms with Gasteiger partial charge in [-0.15, -0.1) is 0 Å². The molecule has 0 bridgehead atoms. The number of carbonyl (C=O) groups is 1. The number of sulfonamides is 1. The highest BCUT2D eigenvalue weighted by molar-refractivity contribution is 7.89. The Morgan fingerprint density at radius 3 is 2.40 bits per heavy atom. The fourth-order valence-corrected chi connectivity index (χ4v) is 5.03. The SMILES string of the molecule is CCCCC(=O)NCCc1ccc(S(=O)(=O)N2CC(CC)N(CCCC)C2=N)cc1. The third-order valence-electron chi connectivity index (χ3n) is 5.55. The van der Waals surface area contributed by atoms with Gasteiger partial charge >= 0.3 is 0 Å². The Kier molecular flexibility index (Phi) is 9.14. The highest BCUT2D eigenvalue weighted by Gasteiger charge is 2.40. The van der Waals surface area contributed by atoms with Gasteiger partial charge in [-0.25, -0.2) is 12.7 Å². The maximum Gasteiger partial charge on any atom is 0.266 e. The van der Waals surface area contributed by atoms with Crippen LogP contribution >= 0.6 is 0 Å². The third kappa shape index (κ3) is 5.97. The molecule has 0 spiro atoms. The molecule has 1 unspecified atom stereocenters. The van der Waals surface area contributed by atoms with Gasteiger partial charge in [0.15, 0.2) is 0 Å². The van der Waals surface area contributed by atoms with Crippen molar-refractivity contribution in [2.24, 2.45) is 0 Å². The number of guanidine groups is 1. The smallest absolute Gasteiger partial charge is 0.266 e. The molecule has 2 rings (SSSR count). The summed E-state index contributed by atoms with van der Waals surface area (Å²) in [6, 6.07) is 6.83. The summed E-state index contributed by atoms with van der Waals surface area (Å²) in [5.74, 6) is 0.135. The molecule has 1 aliphatic heterocycles. The van der Waals surface area contributed by atoms with Crippen molar-refractivity contribution in [3.63, 3.8) is 0 Å². The Bertz CT molecular complexity index is 808. The molecule has 0 radical (unpaired) electrons. The van der Waals surface area contributed by atoms with Gasteiger partial charge in [-0.1, -0.05) is 45.7 Å². The number of hydrogen-bond donors (Lipinski definition) is 2. The first kappa shape index (κ1) is 24.2. The molecule has 1 amide bonds. The van der Waals surface area contributed by atoms with E-state index in [1.54, 1.807) is 24.3 Å². The summed E-state index contributed by atoms with van der Waals surface area (Å²) in [6.45, 7) is 7.75. The van der Waals surface area contributed by atoms with Crippen LogP contribution in [0.15, 0.2) is 29.2 Å². The second-order valence-electron chi connectivity index (χ2n) is 7.82. The van der Waals surface area contributed by atoms with Gasteiger partial charge in [0.05, 0.1) is 17.5 Å². The van der Waals surface area contributed by atoms with Crippen LogP contribution in [0.2, 0.25) is 0 Å². The van der Waals surface area contributed by atoms with Gasteiger partial charge in [0.2, 0.25) is 11.9 Å². The zero-order valence-corrected chi connectivity index (χ0v) is 19.3. The van der Waals surface area contributed by atoms with E-state index in [9.17, 15) is 13.2 Å². The minimum atomic E-state index is -3.75. The number of rotatable bonds is 12. The molecule has 1 atom stereocenters. The molecule has 1 fully saturated rings. The van der Waals surface area contributed by atoms with Crippen LogP contribution in [0, 0.1) is 5.41 Å². The van der Waals surface area contributed by atoms with E-state index in [4.69, 9.17) is 5.41 Å². The Balaban J connectivity index is 2.01. The quantitative estimate of drug-likeness (QED) is 0.525. The third-order valence-corrected chi connectivity index (χ3v) is 7.32. The molecule has 0 aliphatic carbocycles. The number of amides is 1. The summed E-state index contributed by atoms with van der Waals surface area (Å²) in [4.78, 5) is 13.8. The van der Waals surface area contributed by atoms with Crippen LogP contribution in [0.5, 0.6) is 0 Å². The first-order chi connectivity index (χ1) is 14.3. The second kappa shape index (κ2) is 11.3. The summed E-state index contributed by atoms with van der Waals surface area (Å²) in [6.07, 6.45) is 5.83. The van der Waals surface area contributed by atoms with Crippen LogP contribution in [0.4, 0.5) is 0 Å². The number of carbonyl (C=O) groups excluding carboxylic acids is 1. The highest BCUT2D eigenvalue weighted by atomic mass is 32.2. The minimum absolute atomic E-state index is 0.0504. The summed E-state index contributed by atoms with van der Waals surface area (Å²) < 4.78 is 27.5. The summed E-state index contributed by atoms with van der Waals surface area (Å²) >= 11 is 0. The topological polar surface area (TPSA) is 93.6 Å². The summed E-state index contributed by atoms with van der Waals surface area (Å²) in [7, 11) is -3.75. The fourth-order valence-electron chi connectivity index (χ4n) is 3.60. The lowest BCUT2D eigenvalue weighted by atomic mass is 10.1. The molecule has 1 saturated heterocycles. The van der Waals surface area contributed by atoms with Gasteiger partial charge in [-0.3, -0.25) is 10.2 Å². The monoisotopic (exact) mass is 436 g/mol. The van der Waals surface area contributed by atoms with Crippen LogP contribution in [-0.2, 0) is 21.2 Å². The van der Waals surface area contributed by atoms with E-state index in [0.29, 0.717) is 32.5 Å². The lowest BCUT2D eigenvalue weighted by Gasteiger charge is -2.24. The molecule has 1 heterocycles. The number of nitrogens with one attached hydrogen (secondary N) is 2. The molecule has 1 aliphatic rings. The first-order valence-electron chi connectivity index (χ1n) is 11.1. The lowest BCUT2D eigenvalue weighted by molar-refractivity contribution is -0.121. The van der Waals surface area contributed by atoms with E-state index in [1.165, 1.54) is 4.31 Å². The average Bonchev–Trinajstić information content (AvgIpc) is 3.07. The summed E-state index contributed by atoms with van der Waals surface area (Å²) in [5, 5.41) is 11.3. The number of nitrogens with zero attached hydrogens (tertiary/aromatic N) is 2. The van der Waals surface area contributed by atoms with Crippen molar-refractivity contribution in [3.05, 3.63) is 29.8 Å². The minimum Gasteiger partial charge on any atom is -0.356 e. The van der Waals surface area contributed by atoms with Gasteiger partial charge < -0.3 is 10.2 Å². The van der Waals surface area contributed by atoms with Gasteiger partial charge in [-0.05, 0) is 43.4 Å². The van der Waals surface area contributed by atoms with Gasteiger partial charge in [0.25, 0.3) is 10.0 Å². The van der Waals surface area contributed by atoms with E-state index >= 15 is 0 Å². The van der Waals surface area contributed by atoms with Crippen molar-refractivity contribution >= 4 is 21.9 Å². The van der Waals surface area contributed by atoms with Crippen molar-refractivity contribution in [3.8, 4) is 0 Å². The van der Waals surface area contributed by atoms with E-state index < -0.39 is 10.0 Å². The largest absolute Gasteiger partial charge is 0.356 e. The van der Waals surface area contributed by atoms with Crippen molar-refractivity contribution in [2.45, 2.75) is 76.7 Å². The van der Waals surface area contributed by atoms with Crippen LogP contribution < -0.4 is 5.32 Å². The molecular formula is C22H36N4O3S. The van der Waals surface area contributed by atoms with Crippen molar-refractivity contribution in [2.75, 3.05) is 19.6 Å². The van der Waals surface area contributed by atoms with Crippen molar-refractivity contribution < 1.29 is 13.2 Å². The molecule has 30 heavy (non-hydrogen) atoms. The van der Waals surface area contributed by atoms with Crippen LogP contribution in [0.3, 0.4) is 0 Å². The normalized spacial score (nSPS) is 16.9. The number of hydrogen-bond acceptors (Lipinski definition) is 4. The van der Waals surface area contributed by atoms with E-state index in [-0.39, 0.29) is 22.8 Å². The Morgan fingerprint density at radius 1 is 1.13 bits per heavy atom. The molecule has 168 valence electrons. The predicted molar refractivity (Wildman–Crippen MR) is 120 cm³/mol. The molecular weight excluding hydrogens is 400 g/mol. The highest BCUT2D eigenvalue weighted by Crippen LogP contribution is 2.26. The van der Waals surface area contributed by atoms with Gasteiger partial charge in [0, 0.05) is 19.5 Å². The van der Waals surface area contributed by atoms with Gasteiger partial charge in [-0.2, -0.15) is 0 Å². The van der Waals surface area contributed by atoms with E-state index in [0.717, 1.165) is 37.7 Å². The molecule has 1 aromatic rings. The van der Waals surface area contributed by atoms with Crippen molar-refractivity contribution in [1.29, 1.82) is 5.41 Å². The molecule has 0 aromatic heterocycles. The number of benzene rings is 1. The first-order valence-corrected chi connectivity index (χ1v) is 12.5. The fraction of sp³-hybridized carbons (Fsp3) is 0.636. The standard InChI is InChI=1S/C22H36N4O3S/c1-4-7-9-21(27)24-15-14-18-10-12-20(13-11-18)30(28,29)26-17-19(6-3)25(22(26)23)16-8-5-2/h10-13,19,23H,4-9,14-17H2,1-3H3,(H,24,27). The Labute approximate surface area is 181 Å². The van der Waals surface area contributed by atoms with Crippen molar-refractivity contribution in [1.82, 2.24) is 14.5 Å². The zero-order valence-electron chi connectivity index (χ0n) is 18.5. The Hall–Kier alpha value is -2.09. The predicted octanol–water partition coefficient (Wildman–Crippen LogP) is 3.36. The average molecular weight is 437 g/mol. The maximum absolute atomic E-state index is 13.1. The second-order valence-corrected chi connectivity index (χ2v) is 9.68. The lowest BCUT2D eigenvalue weighted by Crippen LogP contribution is -2.38. The summed E-state index contributed by atoms with van der Waals surface area (Å²) in [5.41, 5.74) is 0.970. The van der Waals surface area contributed by atoms with E-state index in [2.05, 4.69) is 19.2 Å². The van der Waals surface area contributed by atoms with Crippen LogP contribution in [-0.4, -0.2) is 55.2 Å². The van der Waals surface area contributed by atoms with Crippen LogP contribution in [0.1, 0.15) is 64.9 Å². The molecule has 0 saturated carbocycles. The molecule has 1 aromatic carbocycles. The number of unbranched alkanes of at least 4 members (excludes halogenated alkanes) is 2. The van der Waals surface area contributed by atoms with Gasteiger partial charge in [0.1, 0.15) is 0 Å². The molecule has 2 N–H and O–H groups in total.